The fourth-order valence-electron chi connectivity index (χ4n) is 1.84. The van der Waals surface area contributed by atoms with E-state index in [1.54, 1.807) is 0 Å². The van der Waals surface area contributed by atoms with Crippen molar-refractivity contribution in [1.29, 1.82) is 0 Å². The van der Waals surface area contributed by atoms with Gasteiger partial charge in [0, 0.05) is 18.9 Å². The molecule has 0 aliphatic heterocycles. The quantitative estimate of drug-likeness (QED) is 0.810. The number of carbonyl (C=O) groups excluding carboxylic acids is 1. The smallest absolute Gasteiger partial charge is 0.216 e. The third-order valence-electron chi connectivity index (χ3n) is 2.81. The average Bonchev–Trinajstić information content (AvgIpc) is 2.75. The summed E-state index contributed by atoms with van der Waals surface area (Å²) in [6.07, 6.45) is 6.82. The molecule has 0 radical (unpaired) electrons. The van der Waals surface area contributed by atoms with Gasteiger partial charge in [0.2, 0.25) is 5.91 Å². The number of carbonyl (C=O) groups is 1. The highest BCUT2D eigenvalue weighted by molar-refractivity contribution is 5.82. The molecule has 94 valence electrons. The Balaban J connectivity index is 2.04. The van der Waals surface area contributed by atoms with Crippen molar-refractivity contribution in [3.05, 3.63) is 35.5 Å². The number of aromatic nitrogens is 2. The Hall–Kier alpha value is -2.10. The molecule has 1 amide bonds. The molecule has 0 unspecified atom stereocenters. The topological polar surface area (TPSA) is 57.8 Å². The molecule has 18 heavy (non-hydrogen) atoms. The van der Waals surface area contributed by atoms with Crippen LogP contribution in [0.3, 0.4) is 0 Å². The number of nitrogens with one attached hydrogen (secondary N) is 2. The molecule has 0 aliphatic carbocycles. The number of H-pyrrole nitrogens is 1. The third kappa shape index (κ3) is 2.97. The zero-order chi connectivity index (χ0) is 13.0. The molecule has 2 rings (SSSR count). The summed E-state index contributed by atoms with van der Waals surface area (Å²) < 4.78 is 0. The van der Waals surface area contributed by atoms with Gasteiger partial charge < -0.3 is 5.32 Å². The molecule has 1 aromatic carbocycles. The van der Waals surface area contributed by atoms with Gasteiger partial charge in [-0.25, -0.2) is 0 Å². The van der Waals surface area contributed by atoms with E-state index >= 15 is 0 Å². The van der Waals surface area contributed by atoms with E-state index in [9.17, 15) is 4.79 Å². The monoisotopic (exact) mass is 243 g/mol. The fraction of sp³-hybridized carbons (Fsp3) is 0.286. The van der Waals surface area contributed by atoms with E-state index < -0.39 is 0 Å². The summed E-state index contributed by atoms with van der Waals surface area (Å²) >= 11 is 0. The van der Waals surface area contributed by atoms with Crippen LogP contribution < -0.4 is 5.32 Å². The van der Waals surface area contributed by atoms with E-state index in [4.69, 9.17) is 0 Å². The molecule has 0 spiro atoms. The maximum Gasteiger partial charge on any atom is 0.216 e. The van der Waals surface area contributed by atoms with Crippen LogP contribution in [0, 0.1) is 6.92 Å². The van der Waals surface area contributed by atoms with E-state index in [1.807, 2.05) is 6.20 Å². The molecule has 0 saturated heterocycles. The van der Waals surface area contributed by atoms with E-state index in [1.165, 1.54) is 18.1 Å². The molecular weight excluding hydrogens is 226 g/mol. The van der Waals surface area contributed by atoms with Crippen molar-refractivity contribution in [2.75, 3.05) is 6.54 Å². The van der Waals surface area contributed by atoms with Crippen LogP contribution in [0.25, 0.3) is 17.0 Å². The van der Waals surface area contributed by atoms with Crippen LogP contribution in [0.5, 0.6) is 0 Å². The largest absolute Gasteiger partial charge is 0.356 e. The van der Waals surface area contributed by atoms with Crippen molar-refractivity contribution in [2.45, 2.75) is 20.3 Å². The second kappa shape index (κ2) is 5.49. The first-order valence-corrected chi connectivity index (χ1v) is 6.01. The Labute approximate surface area is 106 Å². The van der Waals surface area contributed by atoms with Gasteiger partial charge in [0.25, 0.3) is 0 Å². The highest BCUT2D eigenvalue weighted by atomic mass is 16.1. The first-order chi connectivity index (χ1) is 8.66. The van der Waals surface area contributed by atoms with Crippen LogP contribution in [0.1, 0.15) is 24.5 Å². The summed E-state index contributed by atoms with van der Waals surface area (Å²) in [5.41, 5.74) is 3.46. The van der Waals surface area contributed by atoms with Gasteiger partial charge in [-0.05, 0) is 36.6 Å². The Morgan fingerprint density at radius 3 is 3.11 bits per heavy atom. The molecule has 0 aliphatic rings. The van der Waals surface area contributed by atoms with Crippen LogP contribution >= 0.6 is 0 Å². The highest BCUT2D eigenvalue weighted by Gasteiger charge is 2.00. The Kier molecular flexibility index (Phi) is 3.77. The average molecular weight is 243 g/mol. The van der Waals surface area contributed by atoms with E-state index in [0.29, 0.717) is 6.54 Å². The van der Waals surface area contributed by atoms with Gasteiger partial charge in [-0.15, -0.1) is 0 Å². The highest BCUT2D eigenvalue weighted by Crippen LogP contribution is 2.18. The van der Waals surface area contributed by atoms with E-state index in [2.05, 4.69) is 46.7 Å². The number of aryl methyl sites for hydroxylation is 1. The lowest BCUT2D eigenvalue weighted by atomic mass is 10.1. The summed E-state index contributed by atoms with van der Waals surface area (Å²) in [5.74, 6) is 0.0133. The van der Waals surface area contributed by atoms with Gasteiger partial charge in [-0.3, -0.25) is 9.89 Å². The summed E-state index contributed by atoms with van der Waals surface area (Å²) in [5, 5.41) is 10.9. The fourth-order valence-corrected chi connectivity index (χ4v) is 1.84. The maximum atomic E-state index is 10.7. The molecule has 4 nitrogen and oxygen atoms in total. The van der Waals surface area contributed by atoms with Crippen molar-refractivity contribution in [3.63, 3.8) is 0 Å². The number of benzene rings is 1. The summed E-state index contributed by atoms with van der Waals surface area (Å²) in [6.45, 7) is 4.29. The molecule has 1 aromatic heterocycles. The summed E-state index contributed by atoms with van der Waals surface area (Å²) in [4.78, 5) is 10.7. The molecule has 0 fully saturated rings. The number of fused-ring (bicyclic) bond motifs is 1. The zero-order valence-electron chi connectivity index (χ0n) is 10.7. The van der Waals surface area contributed by atoms with Crippen molar-refractivity contribution in [1.82, 2.24) is 15.5 Å². The molecule has 2 aromatic rings. The molecule has 2 N–H and O–H groups in total. The predicted molar refractivity (Wildman–Crippen MR) is 73.2 cm³/mol. The number of rotatable bonds is 4. The Bertz CT molecular complexity index is 584. The molecule has 1 heterocycles. The summed E-state index contributed by atoms with van der Waals surface area (Å²) in [6, 6.07) is 4.21. The minimum absolute atomic E-state index is 0.0133. The van der Waals surface area contributed by atoms with Gasteiger partial charge >= 0.3 is 0 Å². The van der Waals surface area contributed by atoms with Gasteiger partial charge in [-0.1, -0.05) is 12.2 Å². The number of hydrogen-bond acceptors (Lipinski definition) is 2. The normalized spacial score (nSPS) is 11.2. The van der Waals surface area contributed by atoms with Crippen molar-refractivity contribution in [3.8, 4) is 0 Å². The number of aromatic amines is 1. The number of hydrogen-bond donors (Lipinski definition) is 2. The SMILES string of the molecule is CC(=O)NCCC=Cc1cc2cn[nH]c2cc1C. The van der Waals surface area contributed by atoms with Crippen LogP contribution in [0.2, 0.25) is 0 Å². The van der Waals surface area contributed by atoms with Gasteiger partial charge in [-0.2, -0.15) is 5.10 Å². The molecule has 0 bridgehead atoms. The van der Waals surface area contributed by atoms with Crippen molar-refractivity contribution in [2.24, 2.45) is 0 Å². The first kappa shape index (κ1) is 12.4. The minimum Gasteiger partial charge on any atom is -0.356 e. The second-order valence-electron chi connectivity index (χ2n) is 4.34. The van der Waals surface area contributed by atoms with Crippen molar-refractivity contribution < 1.29 is 4.79 Å². The van der Waals surface area contributed by atoms with Gasteiger partial charge in [0.05, 0.1) is 11.7 Å². The lowest BCUT2D eigenvalue weighted by molar-refractivity contribution is -0.118. The van der Waals surface area contributed by atoms with E-state index in [-0.39, 0.29) is 5.91 Å². The Morgan fingerprint density at radius 1 is 1.50 bits per heavy atom. The predicted octanol–water partition coefficient (Wildman–Crippen LogP) is 2.41. The summed E-state index contributed by atoms with van der Waals surface area (Å²) in [7, 11) is 0. The lowest BCUT2D eigenvalue weighted by Gasteiger charge is -2.01. The zero-order valence-corrected chi connectivity index (χ0v) is 10.7. The Morgan fingerprint density at radius 2 is 2.33 bits per heavy atom. The van der Waals surface area contributed by atoms with Gasteiger partial charge in [0.15, 0.2) is 0 Å². The van der Waals surface area contributed by atoms with Crippen LogP contribution in [-0.4, -0.2) is 22.6 Å². The molecular formula is C14H17N3O. The third-order valence-corrected chi connectivity index (χ3v) is 2.81. The molecule has 0 saturated carbocycles. The minimum atomic E-state index is 0.0133. The second-order valence-corrected chi connectivity index (χ2v) is 4.34. The molecule has 4 heteroatoms. The first-order valence-electron chi connectivity index (χ1n) is 6.01. The molecule has 0 atom stereocenters. The van der Waals surface area contributed by atoms with Crippen LogP contribution in [0.15, 0.2) is 24.4 Å². The van der Waals surface area contributed by atoms with Crippen molar-refractivity contribution >= 4 is 22.9 Å². The van der Waals surface area contributed by atoms with E-state index in [0.717, 1.165) is 17.3 Å². The van der Waals surface area contributed by atoms with Crippen LogP contribution in [-0.2, 0) is 4.79 Å². The maximum absolute atomic E-state index is 10.7. The number of amides is 1. The standard InChI is InChI=1S/C14H17N3O/c1-10-7-14-13(9-16-17-14)8-12(10)5-3-4-6-15-11(2)18/h3,5,7-9H,4,6H2,1-2H3,(H,15,18)(H,16,17). The number of nitrogens with zero attached hydrogens (tertiary/aromatic N) is 1. The lowest BCUT2D eigenvalue weighted by Crippen LogP contribution is -2.20. The van der Waals surface area contributed by atoms with Gasteiger partial charge in [0.1, 0.15) is 0 Å². The van der Waals surface area contributed by atoms with Crippen LogP contribution in [0.4, 0.5) is 0 Å².